The van der Waals surface area contributed by atoms with E-state index >= 15 is 0 Å². The Morgan fingerprint density at radius 1 is 0.879 bits per heavy atom. The second-order valence-corrected chi connectivity index (χ2v) is 9.77. The van der Waals surface area contributed by atoms with Gasteiger partial charge in [-0.25, -0.2) is 13.4 Å². The monoisotopic (exact) mass is 460 g/mol. The molecule has 168 valence electrons. The SMILES string of the molecule is CCS(=O)(=O)c1ccc(NC(=O)CCc2nc(-c3ccccc3)c(-c3ccccc3)o2)cc1. The van der Waals surface area contributed by atoms with E-state index in [4.69, 9.17) is 4.42 Å². The van der Waals surface area contributed by atoms with Crippen molar-refractivity contribution in [1.29, 1.82) is 0 Å². The highest BCUT2D eigenvalue weighted by atomic mass is 32.2. The number of aryl methyl sites for hydroxylation is 1. The van der Waals surface area contributed by atoms with Crippen molar-refractivity contribution in [3.8, 4) is 22.6 Å². The van der Waals surface area contributed by atoms with Gasteiger partial charge in [-0.2, -0.15) is 0 Å². The summed E-state index contributed by atoms with van der Waals surface area (Å²) in [5.41, 5.74) is 3.14. The Hall–Kier alpha value is -3.71. The lowest BCUT2D eigenvalue weighted by Gasteiger charge is -2.06. The number of nitrogens with zero attached hydrogens (tertiary/aromatic N) is 1. The van der Waals surface area contributed by atoms with Crippen LogP contribution in [-0.4, -0.2) is 25.1 Å². The highest BCUT2D eigenvalue weighted by Gasteiger charge is 2.17. The normalized spacial score (nSPS) is 11.3. The van der Waals surface area contributed by atoms with Crippen LogP contribution in [0.5, 0.6) is 0 Å². The van der Waals surface area contributed by atoms with Crippen molar-refractivity contribution < 1.29 is 17.6 Å². The molecule has 0 aliphatic rings. The summed E-state index contributed by atoms with van der Waals surface area (Å²) < 4.78 is 29.9. The van der Waals surface area contributed by atoms with Gasteiger partial charge in [-0.15, -0.1) is 0 Å². The standard InChI is InChI=1S/C26H24N2O4S/c1-2-33(30,31)22-15-13-21(14-16-22)27-23(29)17-18-24-28-25(19-9-5-3-6-10-19)26(32-24)20-11-7-4-8-12-20/h3-16H,2,17-18H2,1H3,(H,27,29). The topological polar surface area (TPSA) is 89.3 Å². The fraction of sp³-hybridized carbons (Fsp3) is 0.154. The van der Waals surface area contributed by atoms with E-state index in [0.717, 1.165) is 16.8 Å². The van der Waals surface area contributed by atoms with Crippen molar-refractivity contribution in [3.63, 3.8) is 0 Å². The molecule has 0 aliphatic heterocycles. The van der Waals surface area contributed by atoms with Crippen LogP contribution in [0, 0.1) is 0 Å². The van der Waals surface area contributed by atoms with E-state index in [-0.39, 0.29) is 23.0 Å². The van der Waals surface area contributed by atoms with Crippen LogP contribution in [0.2, 0.25) is 0 Å². The molecule has 7 heteroatoms. The van der Waals surface area contributed by atoms with E-state index in [2.05, 4.69) is 10.3 Å². The maximum atomic E-state index is 12.5. The van der Waals surface area contributed by atoms with Gasteiger partial charge >= 0.3 is 0 Å². The quantitative estimate of drug-likeness (QED) is 0.382. The molecular weight excluding hydrogens is 436 g/mol. The summed E-state index contributed by atoms with van der Waals surface area (Å²) in [4.78, 5) is 17.4. The fourth-order valence-electron chi connectivity index (χ4n) is 3.40. The van der Waals surface area contributed by atoms with Gasteiger partial charge in [0.25, 0.3) is 0 Å². The Labute approximate surface area is 193 Å². The molecule has 1 N–H and O–H groups in total. The molecule has 0 aliphatic carbocycles. The number of sulfone groups is 1. The van der Waals surface area contributed by atoms with Crippen LogP contribution in [-0.2, 0) is 21.1 Å². The third kappa shape index (κ3) is 5.38. The number of aromatic nitrogens is 1. The number of anilines is 1. The smallest absolute Gasteiger partial charge is 0.224 e. The van der Waals surface area contributed by atoms with Gasteiger partial charge in [-0.05, 0) is 24.3 Å². The molecule has 4 aromatic rings. The van der Waals surface area contributed by atoms with E-state index in [1.165, 1.54) is 12.1 Å². The molecule has 0 radical (unpaired) electrons. The number of benzene rings is 3. The lowest BCUT2D eigenvalue weighted by molar-refractivity contribution is -0.116. The maximum absolute atomic E-state index is 12.5. The summed E-state index contributed by atoms with van der Waals surface area (Å²) in [6, 6.07) is 25.7. The highest BCUT2D eigenvalue weighted by Crippen LogP contribution is 2.32. The van der Waals surface area contributed by atoms with Crippen LogP contribution < -0.4 is 5.32 Å². The number of nitrogens with one attached hydrogen (secondary N) is 1. The third-order valence-corrected chi connectivity index (χ3v) is 6.95. The van der Waals surface area contributed by atoms with Crippen LogP contribution in [0.1, 0.15) is 19.2 Å². The Morgan fingerprint density at radius 2 is 1.48 bits per heavy atom. The number of carbonyl (C=O) groups excluding carboxylic acids is 1. The molecular formula is C26H24N2O4S. The summed E-state index contributed by atoms with van der Waals surface area (Å²) in [7, 11) is -3.27. The molecule has 1 amide bonds. The molecule has 1 aromatic heterocycles. The van der Waals surface area contributed by atoms with E-state index < -0.39 is 9.84 Å². The van der Waals surface area contributed by atoms with Gasteiger partial charge in [-0.3, -0.25) is 4.79 Å². The van der Waals surface area contributed by atoms with Crippen molar-refractivity contribution >= 4 is 21.4 Å². The summed E-state index contributed by atoms with van der Waals surface area (Å²) in [5, 5.41) is 2.79. The number of rotatable bonds is 8. The highest BCUT2D eigenvalue weighted by molar-refractivity contribution is 7.91. The molecule has 0 bridgehead atoms. The van der Waals surface area contributed by atoms with Crippen molar-refractivity contribution in [2.24, 2.45) is 0 Å². The average molecular weight is 461 g/mol. The van der Waals surface area contributed by atoms with Gasteiger partial charge in [0.2, 0.25) is 5.91 Å². The molecule has 33 heavy (non-hydrogen) atoms. The van der Waals surface area contributed by atoms with Gasteiger partial charge in [-0.1, -0.05) is 67.6 Å². The fourth-order valence-corrected chi connectivity index (χ4v) is 4.29. The number of oxazole rings is 1. The predicted molar refractivity (Wildman–Crippen MR) is 128 cm³/mol. The second-order valence-electron chi connectivity index (χ2n) is 7.49. The zero-order chi connectivity index (χ0) is 23.3. The third-order valence-electron chi connectivity index (χ3n) is 5.20. The second kappa shape index (κ2) is 9.83. The lowest BCUT2D eigenvalue weighted by Crippen LogP contribution is -2.12. The minimum Gasteiger partial charge on any atom is -0.440 e. The zero-order valence-electron chi connectivity index (χ0n) is 18.2. The van der Waals surface area contributed by atoms with Crippen molar-refractivity contribution in [2.75, 3.05) is 11.1 Å². The Morgan fingerprint density at radius 3 is 2.09 bits per heavy atom. The Bertz CT molecular complexity index is 1270. The Kier molecular flexibility index (Phi) is 6.70. The molecule has 1 heterocycles. The summed E-state index contributed by atoms with van der Waals surface area (Å²) in [5.74, 6) is 0.976. The molecule has 0 unspecified atom stereocenters. The first-order valence-electron chi connectivity index (χ1n) is 10.7. The maximum Gasteiger partial charge on any atom is 0.224 e. The van der Waals surface area contributed by atoms with E-state index in [0.29, 0.717) is 23.8 Å². The predicted octanol–water partition coefficient (Wildman–Crippen LogP) is 5.37. The van der Waals surface area contributed by atoms with Gasteiger partial charge < -0.3 is 9.73 Å². The van der Waals surface area contributed by atoms with E-state index in [1.54, 1.807) is 19.1 Å². The first-order valence-corrected chi connectivity index (χ1v) is 12.3. The average Bonchev–Trinajstić information content (AvgIpc) is 3.29. The number of carbonyl (C=O) groups is 1. The Balaban J connectivity index is 1.47. The van der Waals surface area contributed by atoms with Crippen molar-refractivity contribution in [3.05, 3.63) is 90.8 Å². The van der Waals surface area contributed by atoms with Gasteiger partial charge in [0, 0.05) is 29.7 Å². The molecule has 0 saturated carbocycles. The number of amides is 1. The lowest BCUT2D eigenvalue weighted by atomic mass is 10.1. The zero-order valence-corrected chi connectivity index (χ0v) is 19.0. The van der Waals surface area contributed by atoms with E-state index in [9.17, 15) is 13.2 Å². The van der Waals surface area contributed by atoms with E-state index in [1.807, 2.05) is 60.7 Å². The molecule has 0 spiro atoms. The van der Waals surface area contributed by atoms with Crippen LogP contribution >= 0.6 is 0 Å². The molecule has 0 atom stereocenters. The molecule has 6 nitrogen and oxygen atoms in total. The summed E-state index contributed by atoms with van der Waals surface area (Å²) in [6.45, 7) is 1.60. The summed E-state index contributed by atoms with van der Waals surface area (Å²) in [6.07, 6.45) is 0.513. The van der Waals surface area contributed by atoms with Crippen LogP contribution in [0.3, 0.4) is 0 Å². The number of hydrogen-bond acceptors (Lipinski definition) is 5. The minimum atomic E-state index is -3.27. The minimum absolute atomic E-state index is 0.0325. The van der Waals surface area contributed by atoms with Gasteiger partial charge in [0.1, 0.15) is 5.69 Å². The number of hydrogen-bond donors (Lipinski definition) is 1. The van der Waals surface area contributed by atoms with Crippen molar-refractivity contribution in [2.45, 2.75) is 24.7 Å². The van der Waals surface area contributed by atoms with Crippen LogP contribution in [0.15, 0.2) is 94.2 Å². The largest absolute Gasteiger partial charge is 0.440 e. The first-order chi connectivity index (χ1) is 16.0. The molecule has 3 aromatic carbocycles. The molecule has 4 rings (SSSR count). The van der Waals surface area contributed by atoms with Gasteiger partial charge in [0.05, 0.1) is 10.6 Å². The van der Waals surface area contributed by atoms with Crippen LogP contribution in [0.25, 0.3) is 22.6 Å². The van der Waals surface area contributed by atoms with Crippen LogP contribution in [0.4, 0.5) is 5.69 Å². The van der Waals surface area contributed by atoms with Gasteiger partial charge in [0.15, 0.2) is 21.5 Å². The molecule has 0 saturated heterocycles. The summed E-state index contributed by atoms with van der Waals surface area (Å²) >= 11 is 0. The molecule has 0 fully saturated rings. The first kappa shape index (κ1) is 22.5. The van der Waals surface area contributed by atoms with Crippen molar-refractivity contribution in [1.82, 2.24) is 4.98 Å².